The van der Waals surface area contributed by atoms with Crippen LogP contribution in [0.25, 0.3) is 0 Å². The monoisotopic (exact) mass is 190 g/mol. The molecule has 0 heterocycles. The number of carbonyl (C=O) groups excluding carboxylic acids is 1. The molecule has 0 saturated heterocycles. The maximum absolute atomic E-state index is 10.5. The van der Waals surface area contributed by atoms with Crippen LogP contribution in [0.4, 0.5) is 0 Å². The fraction of sp³-hybridized carbons (Fsp3) is 0.250. The number of rotatable bonds is 6. The molecule has 0 aliphatic carbocycles. The van der Waals surface area contributed by atoms with Gasteiger partial charge in [0.2, 0.25) is 0 Å². The summed E-state index contributed by atoms with van der Waals surface area (Å²) < 4.78 is 5.38. The predicted molar refractivity (Wildman–Crippen MR) is 55.9 cm³/mol. The lowest BCUT2D eigenvalue weighted by Crippen LogP contribution is -2.13. The molecule has 1 aromatic rings. The van der Waals surface area contributed by atoms with Crippen molar-refractivity contribution in [3.05, 3.63) is 48.6 Å². The SMILES string of the molecule is C=CC[C@@H](C=O)OCc1ccccc1. The quantitative estimate of drug-likeness (QED) is 0.508. The van der Waals surface area contributed by atoms with Crippen molar-refractivity contribution >= 4 is 6.29 Å². The number of carbonyl (C=O) groups is 1. The van der Waals surface area contributed by atoms with Gasteiger partial charge in [0.25, 0.3) is 0 Å². The van der Waals surface area contributed by atoms with Crippen molar-refractivity contribution < 1.29 is 9.53 Å². The molecule has 2 heteroatoms. The van der Waals surface area contributed by atoms with Gasteiger partial charge in [-0.05, 0) is 12.0 Å². The standard InChI is InChI=1S/C12H14O2/c1-2-6-12(9-13)14-10-11-7-4-3-5-8-11/h2-5,7-9,12H,1,6,10H2/t12-/m0/s1. The minimum absolute atomic E-state index is 0.368. The van der Waals surface area contributed by atoms with E-state index in [9.17, 15) is 4.79 Å². The summed E-state index contributed by atoms with van der Waals surface area (Å²) in [5, 5.41) is 0. The van der Waals surface area contributed by atoms with Crippen molar-refractivity contribution in [2.24, 2.45) is 0 Å². The van der Waals surface area contributed by atoms with Gasteiger partial charge in [0.1, 0.15) is 12.4 Å². The molecule has 0 unspecified atom stereocenters. The summed E-state index contributed by atoms with van der Waals surface area (Å²) in [6, 6.07) is 9.78. The Morgan fingerprint density at radius 3 is 2.64 bits per heavy atom. The van der Waals surface area contributed by atoms with Crippen molar-refractivity contribution in [2.75, 3.05) is 0 Å². The molecule has 1 rings (SSSR count). The zero-order valence-corrected chi connectivity index (χ0v) is 8.06. The first-order valence-corrected chi connectivity index (χ1v) is 4.58. The summed E-state index contributed by atoms with van der Waals surface area (Å²) in [6.07, 6.45) is 2.69. The Morgan fingerprint density at radius 2 is 2.07 bits per heavy atom. The third kappa shape index (κ3) is 3.54. The van der Waals surface area contributed by atoms with Gasteiger partial charge in [0.05, 0.1) is 6.61 Å². The van der Waals surface area contributed by atoms with Gasteiger partial charge in [-0.25, -0.2) is 0 Å². The number of hydrogen-bond acceptors (Lipinski definition) is 2. The van der Waals surface area contributed by atoms with Gasteiger partial charge in [0.15, 0.2) is 0 Å². The second-order valence-electron chi connectivity index (χ2n) is 3.00. The molecule has 0 aliphatic heterocycles. The van der Waals surface area contributed by atoms with E-state index in [0.717, 1.165) is 11.8 Å². The van der Waals surface area contributed by atoms with E-state index in [4.69, 9.17) is 4.74 Å². The molecule has 0 aromatic heterocycles. The van der Waals surface area contributed by atoms with Gasteiger partial charge in [-0.15, -0.1) is 6.58 Å². The van der Waals surface area contributed by atoms with Crippen LogP contribution in [0.3, 0.4) is 0 Å². The first kappa shape index (κ1) is 10.7. The third-order valence-corrected chi connectivity index (χ3v) is 1.86. The second kappa shape index (κ2) is 6.11. The van der Waals surface area contributed by atoms with E-state index in [1.165, 1.54) is 0 Å². The molecule has 0 amide bonds. The van der Waals surface area contributed by atoms with Crippen LogP contribution in [-0.2, 0) is 16.1 Å². The molecule has 0 spiro atoms. The first-order chi connectivity index (χ1) is 6.86. The molecule has 0 N–H and O–H groups in total. The Balaban J connectivity index is 2.39. The molecule has 0 saturated carbocycles. The Kier molecular flexibility index (Phi) is 4.65. The van der Waals surface area contributed by atoms with E-state index in [1.807, 2.05) is 30.3 Å². The zero-order valence-electron chi connectivity index (χ0n) is 8.06. The minimum atomic E-state index is -0.368. The number of benzene rings is 1. The van der Waals surface area contributed by atoms with Crippen LogP contribution < -0.4 is 0 Å². The van der Waals surface area contributed by atoms with Gasteiger partial charge in [-0.3, -0.25) is 0 Å². The summed E-state index contributed by atoms with van der Waals surface area (Å²) in [5.74, 6) is 0. The van der Waals surface area contributed by atoms with Crippen LogP contribution in [-0.4, -0.2) is 12.4 Å². The lowest BCUT2D eigenvalue weighted by atomic mass is 10.2. The molecule has 0 radical (unpaired) electrons. The van der Waals surface area contributed by atoms with Crippen molar-refractivity contribution in [2.45, 2.75) is 19.1 Å². The largest absolute Gasteiger partial charge is 0.366 e. The van der Waals surface area contributed by atoms with E-state index in [0.29, 0.717) is 13.0 Å². The number of aldehydes is 1. The summed E-state index contributed by atoms with van der Waals surface area (Å²) in [5.41, 5.74) is 1.07. The molecule has 0 aliphatic rings. The maximum Gasteiger partial charge on any atom is 0.149 e. The third-order valence-electron chi connectivity index (χ3n) is 1.86. The molecule has 0 fully saturated rings. The van der Waals surface area contributed by atoms with E-state index < -0.39 is 0 Å². The van der Waals surface area contributed by atoms with Gasteiger partial charge >= 0.3 is 0 Å². The molecule has 14 heavy (non-hydrogen) atoms. The van der Waals surface area contributed by atoms with Gasteiger partial charge in [-0.2, -0.15) is 0 Å². The lowest BCUT2D eigenvalue weighted by Gasteiger charge is -2.09. The van der Waals surface area contributed by atoms with Crippen LogP contribution in [0.5, 0.6) is 0 Å². The van der Waals surface area contributed by atoms with E-state index in [-0.39, 0.29) is 6.10 Å². The predicted octanol–water partition coefficient (Wildman–Crippen LogP) is 2.35. The Bertz CT molecular complexity index is 280. The molecule has 0 bridgehead atoms. The Morgan fingerprint density at radius 1 is 1.36 bits per heavy atom. The summed E-state index contributed by atoms with van der Waals surface area (Å²) >= 11 is 0. The molecule has 2 nitrogen and oxygen atoms in total. The van der Waals surface area contributed by atoms with E-state index in [2.05, 4.69) is 6.58 Å². The highest BCUT2D eigenvalue weighted by molar-refractivity contribution is 5.56. The van der Waals surface area contributed by atoms with E-state index >= 15 is 0 Å². The molecular weight excluding hydrogens is 176 g/mol. The summed E-state index contributed by atoms with van der Waals surface area (Å²) in [6.45, 7) is 4.03. The zero-order chi connectivity index (χ0) is 10.2. The van der Waals surface area contributed by atoms with Crippen molar-refractivity contribution in [3.8, 4) is 0 Å². The first-order valence-electron chi connectivity index (χ1n) is 4.58. The topological polar surface area (TPSA) is 26.3 Å². The fourth-order valence-electron chi connectivity index (χ4n) is 1.10. The normalized spacial score (nSPS) is 12.0. The van der Waals surface area contributed by atoms with Crippen molar-refractivity contribution in [1.82, 2.24) is 0 Å². The smallest absolute Gasteiger partial charge is 0.149 e. The van der Waals surface area contributed by atoms with Crippen molar-refractivity contribution in [3.63, 3.8) is 0 Å². The fourth-order valence-corrected chi connectivity index (χ4v) is 1.10. The minimum Gasteiger partial charge on any atom is -0.366 e. The highest BCUT2D eigenvalue weighted by Gasteiger charge is 2.04. The van der Waals surface area contributed by atoms with Crippen LogP contribution in [0.15, 0.2) is 43.0 Å². The van der Waals surface area contributed by atoms with Gasteiger partial charge in [-0.1, -0.05) is 36.4 Å². The van der Waals surface area contributed by atoms with Gasteiger partial charge in [0, 0.05) is 0 Å². The van der Waals surface area contributed by atoms with Crippen LogP contribution >= 0.6 is 0 Å². The van der Waals surface area contributed by atoms with Crippen LogP contribution in [0.1, 0.15) is 12.0 Å². The Labute approximate surface area is 84.2 Å². The summed E-state index contributed by atoms with van der Waals surface area (Å²) in [7, 11) is 0. The summed E-state index contributed by atoms with van der Waals surface area (Å²) in [4.78, 5) is 10.5. The molecular formula is C12H14O2. The van der Waals surface area contributed by atoms with Crippen molar-refractivity contribution in [1.29, 1.82) is 0 Å². The highest BCUT2D eigenvalue weighted by Crippen LogP contribution is 2.04. The van der Waals surface area contributed by atoms with E-state index in [1.54, 1.807) is 6.08 Å². The van der Waals surface area contributed by atoms with Crippen LogP contribution in [0.2, 0.25) is 0 Å². The van der Waals surface area contributed by atoms with Gasteiger partial charge < -0.3 is 9.53 Å². The number of ether oxygens (including phenoxy) is 1. The molecule has 74 valence electrons. The molecule has 1 aromatic carbocycles. The van der Waals surface area contributed by atoms with Crippen LogP contribution in [0, 0.1) is 0 Å². The Hall–Kier alpha value is -1.41. The average molecular weight is 190 g/mol. The average Bonchev–Trinajstić information content (AvgIpc) is 2.25. The second-order valence-corrected chi connectivity index (χ2v) is 3.00. The highest BCUT2D eigenvalue weighted by atomic mass is 16.5. The lowest BCUT2D eigenvalue weighted by molar-refractivity contribution is -0.118. The maximum atomic E-state index is 10.5. The molecule has 1 atom stereocenters. The number of hydrogen-bond donors (Lipinski definition) is 0.